The fourth-order valence-electron chi connectivity index (χ4n) is 1.95. The molecule has 2 aromatic rings. The first-order chi connectivity index (χ1) is 8.94. The van der Waals surface area contributed by atoms with Gasteiger partial charge in [0, 0.05) is 18.2 Å². The molecule has 0 saturated heterocycles. The predicted octanol–water partition coefficient (Wildman–Crippen LogP) is 3.23. The van der Waals surface area contributed by atoms with E-state index in [0.717, 1.165) is 11.4 Å². The van der Waals surface area contributed by atoms with Crippen LogP contribution < -0.4 is 5.73 Å². The van der Waals surface area contributed by atoms with Gasteiger partial charge in [-0.05, 0) is 29.7 Å². The number of aromatic nitrogens is 2. The smallest absolute Gasteiger partial charge is 0.0697 e. The molecule has 0 aliphatic heterocycles. The van der Waals surface area contributed by atoms with Crippen molar-refractivity contribution >= 4 is 0 Å². The number of benzene rings is 1. The minimum absolute atomic E-state index is 0.0802. The van der Waals surface area contributed by atoms with E-state index in [0.29, 0.717) is 12.5 Å². The zero-order chi connectivity index (χ0) is 14.0. The number of hydrogen-bond donors (Lipinski definition) is 1. The largest absolute Gasteiger partial charge is 0.330 e. The molecule has 0 atom stereocenters. The standard InChI is InChI=1S/C16H23N3/c1-12(2)13-5-7-14(8-6-13)19-10-9-15(18-19)16(3,4)11-17/h5-10,12H,11,17H2,1-4H3. The van der Waals surface area contributed by atoms with Gasteiger partial charge >= 0.3 is 0 Å². The van der Waals surface area contributed by atoms with Crippen LogP contribution in [0.2, 0.25) is 0 Å². The first kappa shape index (κ1) is 13.8. The highest BCUT2D eigenvalue weighted by Crippen LogP contribution is 2.21. The molecule has 0 aliphatic rings. The van der Waals surface area contributed by atoms with Gasteiger partial charge in [-0.1, -0.05) is 39.8 Å². The van der Waals surface area contributed by atoms with Crippen LogP contribution in [0.25, 0.3) is 5.69 Å². The summed E-state index contributed by atoms with van der Waals surface area (Å²) in [5, 5.41) is 4.63. The number of rotatable bonds is 4. The molecule has 0 fully saturated rings. The van der Waals surface area contributed by atoms with E-state index in [9.17, 15) is 0 Å². The number of nitrogens with zero attached hydrogens (tertiary/aromatic N) is 2. The Kier molecular flexibility index (Phi) is 3.76. The lowest BCUT2D eigenvalue weighted by molar-refractivity contribution is 0.516. The normalized spacial score (nSPS) is 12.1. The van der Waals surface area contributed by atoms with Gasteiger partial charge in [0.15, 0.2) is 0 Å². The second-order valence-corrected chi connectivity index (χ2v) is 5.98. The van der Waals surface area contributed by atoms with Crippen LogP contribution in [0.4, 0.5) is 0 Å². The van der Waals surface area contributed by atoms with Crippen LogP contribution in [0.15, 0.2) is 36.5 Å². The van der Waals surface area contributed by atoms with Gasteiger partial charge in [-0.15, -0.1) is 0 Å². The average molecular weight is 257 g/mol. The van der Waals surface area contributed by atoms with Crippen LogP contribution in [0.3, 0.4) is 0 Å². The SMILES string of the molecule is CC(C)c1ccc(-n2ccc(C(C)(C)CN)n2)cc1. The van der Waals surface area contributed by atoms with Crippen LogP contribution in [0.5, 0.6) is 0 Å². The van der Waals surface area contributed by atoms with E-state index in [-0.39, 0.29) is 5.41 Å². The molecule has 0 radical (unpaired) electrons. The molecule has 2 rings (SSSR count). The summed E-state index contributed by atoms with van der Waals surface area (Å²) in [6, 6.07) is 10.6. The van der Waals surface area contributed by atoms with Gasteiger partial charge in [0.25, 0.3) is 0 Å². The number of hydrogen-bond acceptors (Lipinski definition) is 2. The monoisotopic (exact) mass is 257 g/mol. The van der Waals surface area contributed by atoms with Gasteiger partial charge in [0.1, 0.15) is 0 Å². The van der Waals surface area contributed by atoms with E-state index >= 15 is 0 Å². The third kappa shape index (κ3) is 2.87. The van der Waals surface area contributed by atoms with Crippen molar-refractivity contribution < 1.29 is 0 Å². The van der Waals surface area contributed by atoms with Crippen LogP contribution in [0.1, 0.15) is 44.9 Å². The van der Waals surface area contributed by atoms with Gasteiger partial charge in [-0.2, -0.15) is 5.10 Å². The molecule has 19 heavy (non-hydrogen) atoms. The van der Waals surface area contributed by atoms with E-state index in [4.69, 9.17) is 5.73 Å². The summed E-state index contributed by atoms with van der Waals surface area (Å²) < 4.78 is 1.91. The summed E-state index contributed by atoms with van der Waals surface area (Å²) in [4.78, 5) is 0. The molecular formula is C16H23N3. The maximum Gasteiger partial charge on any atom is 0.0697 e. The van der Waals surface area contributed by atoms with Crippen molar-refractivity contribution in [2.24, 2.45) is 5.73 Å². The predicted molar refractivity (Wildman–Crippen MR) is 79.7 cm³/mol. The molecule has 102 valence electrons. The molecule has 0 aliphatic carbocycles. The zero-order valence-electron chi connectivity index (χ0n) is 12.2. The highest BCUT2D eigenvalue weighted by Gasteiger charge is 2.21. The quantitative estimate of drug-likeness (QED) is 0.914. The van der Waals surface area contributed by atoms with E-state index in [2.05, 4.69) is 57.1 Å². The van der Waals surface area contributed by atoms with Crippen LogP contribution in [-0.2, 0) is 5.41 Å². The first-order valence-electron chi connectivity index (χ1n) is 6.80. The molecule has 0 spiro atoms. The lowest BCUT2D eigenvalue weighted by Gasteiger charge is -2.19. The summed E-state index contributed by atoms with van der Waals surface area (Å²) in [5.74, 6) is 0.554. The van der Waals surface area contributed by atoms with E-state index in [1.165, 1.54) is 5.56 Å². The molecule has 3 heteroatoms. The minimum Gasteiger partial charge on any atom is -0.330 e. The minimum atomic E-state index is -0.0802. The molecule has 3 nitrogen and oxygen atoms in total. The van der Waals surface area contributed by atoms with Gasteiger partial charge in [-0.25, -0.2) is 4.68 Å². The maximum atomic E-state index is 5.79. The van der Waals surface area contributed by atoms with E-state index in [1.54, 1.807) is 0 Å². The van der Waals surface area contributed by atoms with Gasteiger partial charge < -0.3 is 5.73 Å². The molecule has 1 heterocycles. The fourth-order valence-corrected chi connectivity index (χ4v) is 1.95. The molecule has 1 aromatic heterocycles. The highest BCUT2D eigenvalue weighted by atomic mass is 15.3. The molecule has 1 aromatic carbocycles. The first-order valence-corrected chi connectivity index (χ1v) is 6.80. The Morgan fingerprint density at radius 2 is 1.79 bits per heavy atom. The zero-order valence-corrected chi connectivity index (χ0v) is 12.2. The lowest BCUT2D eigenvalue weighted by atomic mass is 9.90. The summed E-state index contributed by atoms with van der Waals surface area (Å²) in [6.07, 6.45) is 2.00. The van der Waals surface area contributed by atoms with Crippen molar-refractivity contribution in [2.45, 2.75) is 39.0 Å². The van der Waals surface area contributed by atoms with Crippen LogP contribution in [0, 0.1) is 0 Å². The van der Waals surface area contributed by atoms with Gasteiger partial charge in [0.2, 0.25) is 0 Å². The van der Waals surface area contributed by atoms with Crippen LogP contribution in [-0.4, -0.2) is 16.3 Å². The Hall–Kier alpha value is -1.61. The van der Waals surface area contributed by atoms with E-state index in [1.807, 2.05) is 16.9 Å². The Morgan fingerprint density at radius 3 is 2.32 bits per heavy atom. The Bertz CT molecular complexity index is 535. The molecule has 0 amide bonds. The van der Waals surface area contributed by atoms with Crippen molar-refractivity contribution in [3.05, 3.63) is 47.8 Å². The molecular weight excluding hydrogens is 234 g/mol. The third-order valence-electron chi connectivity index (χ3n) is 3.62. The topological polar surface area (TPSA) is 43.8 Å². The van der Waals surface area contributed by atoms with E-state index < -0.39 is 0 Å². The molecule has 0 unspecified atom stereocenters. The number of nitrogens with two attached hydrogens (primary N) is 1. The van der Waals surface area contributed by atoms with Crippen molar-refractivity contribution in [2.75, 3.05) is 6.54 Å². The van der Waals surface area contributed by atoms with Gasteiger partial charge in [-0.3, -0.25) is 0 Å². The molecule has 0 saturated carbocycles. The summed E-state index contributed by atoms with van der Waals surface area (Å²) in [5.41, 5.74) is 9.17. The van der Waals surface area contributed by atoms with Crippen molar-refractivity contribution in [1.82, 2.24) is 9.78 Å². The highest BCUT2D eigenvalue weighted by molar-refractivity contribution is 5.35. The second kappa shape index (κ2) is 5.17. The molecule has 0 bridgehead atoms. The third-order valence-corrected chi connectivity index (χ3v) is 3.62. The summed E-state index contributed by atoms with van der Waals surface area (Å²) >= 11 is 0. The van der Waals surface area contributed by atoms with Crippen molar-refractivity contribution in [3.63, 3.8) is 0 Å². The average Bonchev–Trinajstić information content (AvgIpc) is 2.89. The van der Waals surface area contributed by atoms with Gasteiger partial charge in [0.05, 0.1) is 11.4 Å². The van der Waals surface area contributed by atoms with Crippen molar-refractivity contribution in [1.29, 1.82) is 0 Å². The molecule has 2 N–H and O–H groups in total. The Balaban J connectivity index is 2.28. The van der Waals surface area contributed by atoms with Crippen molar-refractivity contribution in [3.8, 4) is 5.69 Å². The Labute approximate surface area is 115 Å². The lowest BCUT2D eigenvalue weighted by Crippen LogP contribution is -2.28. The fraction of sp³-hybridized carbons (Fsp3) is 0.438. The van der Waals surface area contributed by atoms with Crippen LogP contribution >= 0.6 is 0 Å². The maximum absolute atomic E-state index is 5.79. The second-order valence-electron chi connectivity index (χ2n) is 5.98. The summed E-state index contributed by atoms with van der Waals surface area (Å²) in [6.45, 7) is 9.22. The Morgan fingerprint density at radius 1 is 1.16 bits per heavy atom. The summed E-state index contributed by atoms with van der Waals surface area (Å²) in [7, 11) is 0.